The number of imidazole rings is 1. The van der Waals surface area contributed by atoms with E-state index in [1.807, 2.05) is 0 Å². The van der Waals surface area contributed by atoms with Gasteiger partial charge in [0.2, 0.25) is 5.78 Å². The van der Waals surface area contributed by atoms with Crippen molar-refractivity contribution in [3.8, 4) is 5.82 Å². The van der Waals surface area contributed by atoms with Crippen molar-refractivity contribution in [3.63, 3.8) is 0 Å². The Morgan fingerprint density at radius 1 is 1.29 bits per heavy atom. The van der Waals surface area contributed by atoms with Gasteiger partial charge in [-0.3, -0.25) is 14.0 Å². The Bertz CT molecular complexity index is 927. The second-order valence-electron chi connectivity index (χ2n) is 5.54. The van der Waals surface area contributed by atoms with Gasteiger partial charge in [-0.25, -0.2) is 9.37 Å². The number of nitrogens with zero attached hydrogens (tertiary/aromatic N) is 4. The van der Waals surface area contributed by atoms with Gasteiger partial charge in [0.15, 0.2) is 0 Å². The Labute approximate surface area is 138 Å². The summed E-state index contributed by atoms with van der Waals surface area (Å²) in [7, 11) is 1.69. The molecule has 0 aliphatic carbocycles. The molecule has 0 bridgehead atoms. The van der Waals surface area contributed by atoms with Crippen LogP contribution >= 0.6 is 0 Å². The monoisotopic (exact) mass is 328 g/mol. The number of aliphatic hydroxyl groups is 1. The molecular formula is C17H17FN4O2. The van der Waals surface area contributed by atoms with Crippen molar-refractivity contribution in [1.82, 2.24) is 19.3 Å². The van der Waals surface area contributed by atoms with E-state index in [1.165, 1.54) is 22.9 Å². The van der Waals surface area contributed by atoms with Gasteiger partial charge < -0.3 is 5.11 Å². The number of halogens is 1. The molecule has 2 heterocycles. The zero-order chi connectivity index (χ0) is 17.4. The SMILES string of the molecule is Cc1cn(-c2c(C(=O)c3ccccc3F)c(C)nn2C)c(CO)n1. The summed E-state index contributed by atoms with van der Waals surface area (Å²) in [4.78, 5) is 17.1. The smallest absolute Gasteiger partial charge is 0.201 e. The quantitative estimate of drug-likeness (QED) is 0.744. The zero-order valence-corrected chi connectivity index (χ0v) is 13.6. The lowest BCUT2D eigenvalue weighted by atomic mass is 10.0. The van der Waals surface area contributed by atoms with E-state index in [4.69, 9.17) is 0 Å². The van der Waals surface area contributed by atoms with E-state index in [-0.39, 0.29) is 17.7 Å². The Morgan fingerprint density at radius 2 is 2.00 bits per heavy atom. The van der Waals surface area contributed by atoms with Crippen LogP contribution in [0.5, 0.6) is 0 Å². The summed E-state index contributed by atoms with van der Waals surface area (Å²) in [5.74, 6) is -0.201. The molecule has 0 radical (unpaired) electrons. The van der Waals surface area contributed by atoms with Crippen LogP contribution in [0.2, 0.25) is 0 Å². The molecule has 24 heavy (non-hydrogen) atoms. The number of benzene rings is 1. The van der Waals surface area contributed by atoms with Crippen LogP contribution in [0.15, 0.2) is 30.5 Å². The maximum absolute atomic E-state index is 14.0. The maximum Gasteiger partial charge on any atom is 0.201 e. The molecule has 6 nitrogen and oxygen atoms in total. The molecule has 0 spiro atoms. The third-order valence-corrected chi connectivity index (χ3v) is 3.81. The van der Waals surface area contributed by atoms with E-state index >= 15 is 0 Å². The summed E-state index contributed by atoms with van der Waals surface area (Å²) in [6.07, 6.45) is 1.71. The molecule has 1 aromatic carbocycles. The lowest BCUT2D eigenvalue weighted by molar-refractivity contribution is 0.103. The summed E-state index contributed by atoms with van der Waals surface area (Å²) in [6.45, 7) is 3.20. The summed E-state index contributed by atoms with van der Waals surface area (Å²) >= 11 is 0. The third kappa shape index (κ3) is 2.52. The standard InChI is InChI=1S/C17H17FN4O2/c1-10-8-22(14(9-23)19-10)17-15(11(2)20-21(17)3)16(24)12-6-4-5-7-13(12)18/h4-8,23H,9H2,1-3H3. The van der Waals surface area contributed by atoms with Crippen molar-refractivity contribution >= 4 is 5.78 Å². The highest BCUT2D eigenvalue weighted by Crippen LogP contribution is 2.24. The molecule has 0 aliphatic heterocycles. The van der Waals surface area contributed by atoms with Gasteiger partial charge in [0.25, 0.3) is 0 Å². The summed E-state index contributed by atoms with van der Waals surface area (Å²) in [5.41, 5.74) is 1.45. The van der Waals surface area contributed by atoms with E-state index in [1.54, 1.807) is 37.7 Å². The number of aryl methyl sites for hydroxylation is 3. The highest BCUT2D eigenvalue weighted by atomic mass is 19.1. The fourth-order valence-corrected chi connectivity index (χ4v) is 2.81. The molecular weight excluding hydrogens is 311 g/mol. The van der Waals surface area contributed by atoms with Crippen LogP contribution in [0.25, 0.3) is 5.82 Å². The Balaban J connectivity index is 2.23. The maximum atomic E-state index is 14.0. The van der Waals surface area contributed by atoms with Gasteiger partial charge in [0.05, 0.1) is 22.5 Å². The average Bonchev–Trinajstić information content (AvgIpc) is 3.05. The fourth-order valence-electron chi connectivity index (χ4n) is 2.81. The molecule has 0 saturated carbocycles. The number of rotatable bonds is 4. The molecule has 0 aliphatic rings. The average molecular weight is 328 g/mol. The topological polar surface area (TPSA) is 72.9 Å². The van der Waals surface area contributed by atoms with Crippen molar-refractivity contribution in [3.05, 3.63) is 64.6 Å². The van der Waals surface area contributed by atoms with Crippen LogP contribution in [0, 0.1) is 19.7 Å². The first-order valence-electron chi connectivity index (χ1n) is 7.43. The predicted octanol–water partition coefficient (Wildman–Crippen LogP) is 2.09. The van der Waals surface area contributed by atoms with Gasteiger partial charge in [0, 0.05) is 13.2 Å². The Morgan fingerprint density at radius 3 is 2.67 bits per heavy atom. The van der Waals surface area contributed by atoms with Crippen LogP contribution in [0.1, 0.15) is 33.1 Å². The third-order valence-electron chi connectivity index (χ3n) is 3.81. The second-order valence-corrected chi connectivity index (χ2v) is 5.54. The van der Waals surface area contributed by atoms with Gasteiger partial charge in [0.1, 0.15) is 24.1 Å². The van der Waals surface area contributed by atoms with Crippen LogP contribution < -0.4 is 0 Å². The molecule has 0 fully saturated rings. The minimum atomic E-state index is -0.583. The number of carbonyl (C=O) groups excluding carboxylic acids is 1. The molecule has 124 valence electrons. The minimum absolute atomic E-state index is 0.0164. The van der Waals surface area contributed by atoms with E-state index in [0.29, 0.717) is 23.0 Å². The normalized spacial score (nSPS) is 11.0. The summed E-state index contributed by atoms with van der Waals surface area (Å²) in [5, 5.41) is 13.8. The van der Waals surface area contributed by atoms with E-state index < -0.39 is 11.6 Å². The number of hydrogen-bond acceptors (Lipinski definition) is 4. The van der Waals surface area contributed by atoms with Gasteiger partial charge in [-0.05, 0) is 26.0 Å². The molecule has 0 saturated heterocycles. The number of carbonyl (C=O) groups is 1. The molecule has 0 unspecified atom stereocenters. The van der Waals surface area contributed by atoms with Crippen LogP contribution in [-0.2, 0) is 13.7 Å². The van der Waals surface area contributed by atoms with E-state index in [0.717, 1.165) is 0 Å². The molecule has 7 heteroatoms. The van der Waals surface area contributed by atoms with Crippen molar-refractivity contribution in [1.29, 1.82) is 0 Å². The highest BCUT2D eigenvalue weighted by Gasteiger charge is 2.26. The molecule has 3 rings (SSSR count). The predicted molar refractivity (Wildman–Crippen MR) is 85.6 cm³/mol. The number of ketones is 1. The largest absolute Gasteiger partial charge is 0.388 e. The van der Waals surface area contributed by atoms with Crippen molar-refractivity contribution in [2.45, 2.75) is 20.5 Å². The second kappa shape index (κ2) is 6.01. The molecule has 2 aromatic heterocycles. The van der Waals surface area contributed by atoms with Gasteiger partial charge in [-0.2, -0.15) is 5.10 Å². The molecule has 3 aromatic rings. The highest BCUT2D eigenvalue weighted by molar-refractivity contribution is 6.11. The first kappa shape index (κ1) is 16.1. The van der Waals surface area contributed by atoms with E-state index in [2.05, 4.69) is 10.1 Å². The first-order valence-corrected chi connectivity index (χ1v) is 7.43. The van der Waals surface area contributed by atoms with Crippen LogP contribution in [0.4, 0.5) is 4.39 Å². The Hall–Kier alpha value is -2.80. The van der Waals surface area contributed by atoms with Gasteiger partial charge in [-0.1, -0.05) is 12.1 Å². The number of aliphatic hydroxyl groups excluding tert-OH is 1. The van der Waals surface area contributed by atoms with Gasteiger partial charge >= 0.3 is 0 Å². The summed E-state index contributed by atoms with van der Waals surface area (Å²) in [6, 6.07) is 5.84. The van der Waals surface area contributed by atoms with E-state index in [9.17, 15) is 14.3 Å². The minimum Gasteiger partial charge on any atom is -0.388 e. The number of aromatic nitrogens is 4. The zero-order valence-electron chi connectivity index (χ0n) is 13.6. The summed E-state index contributed by atoms with van der Waals surface area (Å²) < 4.78 is 17.2. The molecule has 0 atom stereocenters. The lowest BCUT2D eigenvalue weighted by Crippen LogP contribution is -2.13. The Kier molecular flexibility index (Phi) is 4.02. The fraction of sp³-hybridized carbons (Fsp3) is 0.235. The van der Waals surface area contributed by atoms with Crippen LogP contribution in [-0.4, -0.2) is 30.2 Å². The lowest BCUT2D eigenvalue weighted by Gasteiger charge is -2.10. The molecule has 0 amide bonds. The first-order chi connectivity index (χ1) is 11.4. The number of hydrogen-bond donors (Lipinski definition) is 1. The van der Waals surface area contributed by atoms with Crippen molar-refractivity contribution in [2.75, 3.05) is 0 Å². The van der Waals surface area contributed by atoms with Crippen LogP contribution in [0.3, 0.4) is 0 Å². The van der Waals surface area contributed by atoms with Crippen molar-refractivity contribution < 1.29 is 14.3 Å². The van der Waals surface area contributed by atoms with Crippen molar-refractivity contribution in [2.24, 2.45) is 7.05 Å². The molecule has 1 N–H and O–H groups in total. The van der Waals surface area contributed by atoms with Gasteiger partial charge in [-0.15, -0.1) is 0 Å².